The number of thiophene rings is 1. The highest BCUT2D eigenvalue weighted by atomic mass is 32.1. The molecule has 5 rings (SSSR count). The molecule has 36 heavy (non-hydrogen) atoms. The smallest absolute Gasteiger partial charge is 0.337 e. The molecule has 2 N–H and O–H groups in total. The lowest BCUT2D eigenvalue weighted by atomic mass is 9.72. The fourth-order valence-corrected chi connectivity index (χ4v) is 5.85. The average Bonchev–Trinajstić information content (AvgIpc) is 3.42. The van der Waals surface area contributed by atoms with Gasteiger partial charge in [-0.1, -0.05) is 30.3 Å². The molecule has 2 aromatic carbocycles. The molecule has 1 aliphatic heterocycles. The number of hydrogen-bond donors (Lipinski definition) is 2. The molecule has 1 aliphatic carbocycles. The first-order chi connectivity index (χ1) is 17.4. The van der Waals surface area contributed by atoms with E-state index < -0.39 is 11.9 Å². The fourth-order valence-electron chi connectivity index (χ4n) is 5.02. The van der Waals surface area contributed by atoms with Gasteiger partial charge in [-0.2, -0.15) is 0 Å². The zero-order valence-electron chi connectivity index (χ0n) is 20.1. The molecule has 0 spiro atoms. The third-order valence-corrected chi connectivity index (χ3v) is 7.76. The Hall–Kier alpha value is -3.84. The quantitative estimate of drug-likeness (QED) is 0.430. The summed E-state index contributed by atoms with van der Waals surface area (Å²) in [6, 6.07) is 18.1. The largest absolute Gasteiger partial charge is 0.508 e. The van der Waals surface area contributed by atoms with Crippen molar-refractivity contribution in [2.45, 2.75) is 38.2 Å². The number of nitrogens with one attached hydrogen (secondary N) is 1. The summed E-state index contributed by atoms with van der Waals surface area (Å²) in [6.07, 6.45) is 1.06. The molecular formula is C29H27NO5S. The van der Waals surface area contributed by atoms with Crippen LogP contribution >= 0.6 is 11.3 Å². The molecule has 0 saturated heterocycles. The minimum Gasteiger partial charge on any atom is -0.508 e. The molecule has 7 heteroatoms. The van der Waals surface area contributed by atoms with Gasteiger partial charge >= 0.3 is 5.97 Å². The van der Waals surface area contributed by atoms with Crippen LogP contribution in [0.5, 0.6) is 11.5 Å². The zero-order chi connectivity index (χ0) is 25.2. The molecular weight excluding hydrogens is 474 g/mol. The second kappa shape index (κ2) is 10.0. The molecule has 2 heterocycles. The Kier molecular flexibility index (Phi) is 6.65. The van der Waals surface area contributed by atoms with Crippen LogP contribution in [0.2, 0.25) is 0 Å². The van der Waals surface area contributed by atoms with Crippen LogP contribution in [0.25, 0.3) is 0 Å². The molecule has 184 valence electrons. The van der Waals surface area contributed by atoms with E-state index in [1.807, 2.05) is 48.7 Å². The summed E-state index contributed by atoms with van der Waals surface area (Å²) in [5.41, 5.74) is 3.96. The highest BCUT2D eigenvalue weighted by Crippen LogP contribution is 2.46. The Labute approximate surface area is 213 Å². The Morgan fingerprint density at radius 2 is 1.92 bits per heavy atom. The first-order valence-corrected chi connectivity index (χ1v) is 12.7. The monoisotopic (exact) mass is 501 g/mol. The van der Waals surface area contributed by atoms with Crippen LogP contribution in [0.4, 0.5) is 0 Å². The maximum absolute atomic E-state index is 13.6. The number of aromatic hydroxyl groups is 1. The number of methoxy groups -OCH3 is 1. The van der Waals surface area contributed by atoms with E-state index in [1.54, 1.807) is 36.6 Å². The van der Waals surface area contributed by atoms with Gasteiger partial charge in [0.25, 0.3) is 0 Å². The van der Waals surface area contributed by atoms with Crippen molar-refractivity contribution in [1.82, 2.24) is 5.32 Å². The lowest BCUT2D eigenvalue weighted by Gasteiger charge is -2.36. The van der Waals surface area contributed by atoms with Gasteiger partial charge in [0.05, 0.1) is 12.7 Å². The third-order valence-electron chi connectivity index (χ3n) is 6.73. The third kappa shape index (κ3) is 4.66. The zero-order valence-corrected chi connectivity index (χ0v) is 20.9. The van der Waals surface area contributed by atoms with Crippen LogP contribution in [-0.2, 0) is 20.9 Å². The molecule has 2 atom stereocenters. The van der Waals surface area contributed by atoms with Crippen LogP contribution in [0.1, 0.15) is 47.6 Å². The van der Waals surface area contributed by atoms with Crippen molar-refractivity contribution in [2.24, 2.45) is 0 Å². The maximum Gasteiger partial charge on any atom is 0.337 e. The van der Waals surface area contributed by atoms with Gasteiger partial charge in [-0.25, -0.2) is 4.79 Å². The highest BCUT2D eigenvalue weighted by molar-refractivity contribution is 7.10. The number of allylic oxidation sites excluding steroid dienone is 3. The van der Waals surface area contributed by atoms with Crippen molar-refractivity contribution in [1.29, 1.82) is 0 Å². The van der Waals surface area contributed by atoms with Gasteiger partial charge < -0.3 is 19.9 Å². The molecule has 0 saturated carbocycles. The Bertz CT molecular complexity index is 1350. The van der Waals surface area contributed by atoms with E-state index in [1.165, 1.54) is 4.88 Å². The van der Waals surface area contributed by atoms with Crippen molar-refractivity contribution in [3.63, 3.8) is 0 Å². The van der Waals surface area contributed by atoms with Crippen LogP contribution in [-0.4, -0.2) is 24.0 Å². The number of ether oxygens (including phenoxy) is 2. The standard InChI is InChI=1S/C29H27NO5S/c1-17-26(29(33)35-16-18-8-10-22(34-2)11-9-18)27(19-5-3-6-21(31)13-19)28-23(30-17)14-20(15-24(28)32)25-7-4-12-36-25/h3-13,20,27,30-31H,14-16H2,1-2H3/t20-,27+/m0/s1. The number of carbonyl (C=O) groups excluding carboxylic acids is 2. The number of Topliss-reactive ketones (excluding diaryl/α,β-unsaturated/α-hetero) is 1. The molecule has 1 aromatic heterocycles. The number of dihydropyridines is 1. The first kappa shape index (κ1) is 23.9. The van der Waals surface area contributed by atoms with Gasteiger partial charge in [-0.05, 0) is 60.2 Å². The normalized spacial score (nSPS) is 19.6. The van der Waals surface area contributed by atoms with Crippen LogP contribution in [0.15, 0.2) is 88.6 Å². The number of rotatable bonds is 6. The van der Waals surface area contributed by atoms with Gasteiger partial charge in [0.15, 0.2) is 5.78 Å². The van der Waals surface area contributed by atoms with E-state index in [0.29, 0.717) is 35.2 Å². The number of phenols is 1. The molecule has 0 bridgehead atoms. The van der Waals surface area contributed by atoms with E-state index in [2.05, 4.69) is 11.4 Å². The summed E-state index contributed by atoms with van der Waals surface area (Å²) < 4.78 is 10.9. The number of benzene rings is 2. The van der Waals surface area contributed by atoms with Crippen molar-refractivity contribution < 1.29 is 24.2 Å². The predicted molar refractivity (Wildman–Crippen MR) is 138 cm³/mol. The van der Waals surface area contributed by atoms with Crippen molar-refractivity contribution in [3.8, 4) is 11.5 Å². The summed E-state index contributed by atoms with van der Waals surface area (Å²) in [5, 5.41) is 15.6. The van der Waals surface area contributed by atoms with Crippen LogP contribution in [0, 0.1) is 0 Å². The lowest BCUT2D eigenvalue weighted by Crippen LogP contribution is -2.36. The number of ketones is 1. The second-order valence-corrected chi connectivity index (χ2v) is 10.0. The summed E-state index contributed by atoms with van der Waals surface area (Å²) in [6.45, 7) is 1.93. The van der Waals surface area contributed by atoms with Gasteiger partial charge in [-0.15, -0.1) is 11.3 Å². The van der Waals surface area contributed by atoms with Crippen LogP contribution in [0.3, 0.4) is 0 Å². The van der Waals surface area contributed by atoms with Gasteiger partial charge in [0.2, 0.25) is 0 Å². The highest BCUT2D eigenvalue weighted by Gasteiger charge is 2.41. The van der Waals surface area contributed by atoms with E-state index in [4.69, 9.17) is 9.47 Å². The summed E-state index contributed by atoms with van der Waals surface area (Å²) in [7, 11) is 1.60. The first-order valence-electron chi connectivity index (χ1n) is 11.8. The Morgan fingerprint density at radius 1 is 1.11 bits per heavy atom. The minimum absolute atomic E-state index is 0.00319. The summed E-state index contributed by atoms with van der Waals surface area (Å²) in [4.78, 5) is 28.2. The van der Waals surface area contributed by atoms with Crippen molar-refractivity contribution in [3.05, 3.63) is 105 Å². The fraction of sp³-hybridized carbons (Fsp3) is 0.241. The van der Waals surface area contributed by atoms with Gasteiger partial charge in [-0.3, -0.25) is 4.79 Å². The van der Waals surface area contributed by atoms with E-state index >= 15 is 0 Å². The molecule has 0 fully saturated rings. The summed E-state index contributed by atoms with van der Waals surface area (Å²) in [5.74, 6) is -0.206. The molecule has 6 nitrogen and oxygen atoms in total. The number of esters is 1. The Balaban J connectivity index is 1.48. The summed E-state index contributed by atoms with van der Waals surface area (Å²) >= 11 is 1.65. The number of hydrogen-bond acceptors (Lipinski definition) is 7. The van der Waals surface area contributed by atoms with Crippen LogP contribution < -0.4 is 10.1 Å². The topological polar surface area (TPSA) is 84.9 Å². The molecule has 2 aliphatic rings. The van der Waals surface area contributed by atoms with Gasteiger partial charge in [0, 0.05) is 40.1 Å². The lowest BCUT2D eigenvalue weighted by molar-refractivity contribution is -0.140. The predicted octanol–water partition coefficient (Wildman–Crippen LogP) is 5.57. The average molecular weight is 502 g/mol. The molecule has 0 amide bonds. The van der Waals surface area contributed by atoms with E-state index in [-0.39, 0.29) is 24.1 Å². The van der Waals surface area contributed by atoms with E-state index in [0.717, 1.165) is 17.0 Å². The maximum atomic E-state index is 13.6. The minimum atomic E-state index is -0.617. The van der Waals surface area contributed by atoms with Crippen molar-refractivity contribution >= 4 is 23.1 Å². The SMILES string of the molecule is COc1ccc(COC(=O)C2=C(C)NC3=C(C(=O)C[C@@H](c4cccs4)C3)[C@@H]2c2cccc(O)c2)cc1. The molecule has 3 aromatic rings. The molecule has 0 radical (unpaired) electrons. The second-order valence-electron chi connectivity index (χ2n) is 9.05. The van der Waals surface area contributed by atoms with Gasteiger partial charge in [0.1, 0.15) is 18.1 Å². The number of carbonyl (C=O) groups is 2. The van der Waals surface area contributed by atoms with E-state index in [9.17, 15) is 14.7 Å². The number of phenolic OH excluding ortho intramolecular Hbond substituents is 1. The molecule has 0 unspecified atom stereocenters. The Morgan fingerprint density at radius 3 is 2.61 bits per heavy atom. The van der Waals surface area contributed by atoms with Crippen molar-refractivity contribution in [2.75, 3.05) is 7.11 Å².